The molecular formula is C9H20N2. The predicted octanol–water partition coefficient (Wildman–Crippen LogP) is 1.07. The highest BCUT2D eigenvalue weighted by molar-refractivity contribution is 4.76. The highest BCUT2D eigenvalue weighted by Gasteiger charge is 2.21. The van der Waals surface area contributed by atoms with E-state index in [4.69, 9.17) is 5.73 Å². The molecule has 0 aromatic heterocycles. The Labute approximate surface area is 69.8 Å². The van der Waals surface area contributed by atoms with E-state index in [2.05, 4.69) is 18.7 Å². The summed E-state index contributed by atoms with van der Waals surface area (Å²) >= 11 is 0. The summed E-state index contributed by atoms with van der Waals surface area (Å²) in [6.45, 7) is 7.79. The molecule has 0 radical (unpaired) electrons. The molecule has 11 heavy (non-hydrogen) atoms. The van der Waals surface area contributed by atoms with Crippen molar-refractivity contribution in [3.63, 3.8) is 0 Å². The normalized spacial score (nSPS) is 34.1. The molecular weight excluding hydrogens is 136 g/mol. The summed E-state index contributed by atoms with van der Waals surface area (Å²) in [5.41, 5.74) is 5.51. The first kappa shape index (κ1) is 9.01. The topological polar surface area (TPSA) is 29.3 Å². The molecule has 2 heteroatoms. The molecule has 1 saturated heterocycles. The Kier molecular flexibility index (Phi) is 3.34. The molecule has 0 bridgehead atoms. The summed E-state index contributed by atoms with van der Waals surface area (Å²) in [6, 6.07) is 0.752. The average Bonchev–Trinajstić information content (AvgIpc) is 1.95. The van der Waals surface area contributed by atoms with Gasteiger partial charge in [0, 0.05) is 19.1 Å². The highest BCUT2D eigenvalue weighted by Crippen LogP contribution is 2.21. The number of nitrogens with zero attached hydrogens (tertiary/aromatic N) is 1. The van der Waals surface area contributed by atoms with Crippen molar-refractivity contribution < 1.29 is 0 Å². The van der Waals surface area contributed by atoms with Crippen molar-refractivity contribution in [3.8, 4) is 0 Å². The lowest BCUT2D eigenvalue weighted by atomic mass is 9.93. The second-order valence-electron chi connectivity index (χ2n) is 3.80. The molecule has 0 aromatic carbocycles. The van der Waals surface area contributed by atoms with Crippen molar-refractivity contribution in [2.75, 3.05) is 19.6 Å². The Hall–Kier alpha value is -0.0800. The van der Waals surface area contributed by atoms with Crippen molar-refractivity contribution in [1.82, 2.24) is 4.90 Å². The van der Waals surface area contributed by atoms with Gasteiger partial charge < -0.3 is 5.73 Å². The molecule has 0 aliphatic carbocycles. The summed E-state index contributed by atoms with van der Waals surface area (Å²) in [6.07, 6.45) is 2.70. The zero-order valence-electron chi connectivity index (χ0n) is 7.71. The van der Waals surface area contributed by atoms with Crippen LogP contribution < -0.4 is 5.73 Å². The first-order valence-electron chi connectivity index (χ1n) is 4.68. The molecule has 1 aliphatic rings. The van der Waals surface area contributed by atoms with Crippen molar-refractivity contribution >= 4 is 0 Å². The third kappa shape index (κ3) is 2.46. The summed E-state index contributed by atoms with van der Waals surface area (Å²) in [5, 5.41) is 0. The van der Waals surface area contributed by atoms with E-state index in [9.17, 15) is 0 Å². The first-order chi connectivity index (χ1) is 5.24. The largest absolute Gasteiger partial charge is 0.329 e. The molecule has 0 spiro atoms. The van der Waals surface area contributed by atoms with Crippen LogP contribution in [0.3, 0.4) is 0 Å². The zero-order valence-corrected chi connectivity index (χ0v) is 7.71. The van der Waals surface area contributed by atoms with Gasteiger partial charge in [-0.15, -0.1) is 0 Å². The second-order valence-corrected chi connectivity index (χ2v) is 3.80. The van der Waals surface area contributed by atoms with Crippen molar-refractivity contribution in [3.05, 3.63) is 0 Å². The molecule has 66 valence electrons. The minimum Gasteiger partial charge on any atom is -0.329 e. The van der Waals surface area contributed by atoms with Crippen LogP contribution in [0.25, 0.3) is 0 Å². The molecule has 0 aromatic rings. The van der Waals surface area contributed by atoms with Gasteiger partial charge in [0.05, 0.1) is 0 Å². The number of likely N-dealkylation sites (tertiary alicyclic amines) is 1. The monoisotopic (exact) mass is 156 g/mol. The van der Waals surface area contributed by atoms with E-state index in [1.807, 2.05) is 0 Å². The molecule has 2 N–H and O–H groups in total. The Morgan fingerprint density at radius 3 is 2.73 bits per heavy atom. The van der Waals surface area contributed by atoms with Gasteiger partial charge in [0.2, 0.25) is 0 Å². The quantitative estimate of drug-likeness (QED) is 0.648. The minimum atomic E-state index is 0.752. The van der Waals surface area contributed by atoms with E-state index in [1.54, 1.807) is 0 Å². The van der Waals surface area contributed by atoms with Crippen LogP contribution in [0.15, 0.2) is 0 Å². The molecule has 2 atom stereocenters. The van der Waals surface area contributed by atoms with Gasteiger partial charge in [0.25, 0.3) is 0 Å². The Balaban J connectivity index is 2.31. The maximum absolute atomic E-state index is 5.51. The van der Waals surface area contributed by atoms with Crippen LogP contribution in [0.4, 0.5) is 0 Å². The van der Waals surface area contributed by atoms with Crippen LogP contribution >= 0.6 is 0 Å². The summed E-state index contributed by atoms with van der Waals surface area (Å²) in [4.78, 5) is 2.50. The zero-order chi connectivity index (χ0) is 8.27. The van der Waals surface area contributed by atoms with Gasteiger partial charge in [-0.1, -0.05) is 6.92 Å². The number of hydrogen-bond acceptors (Lipinski definition) is 2. The predicted molar refractivity (Wildman–Crippen MR) is 48.5 cm³/mol. The number of nitrogens with two attached hydrogens (primary N) is 1. The maximum Gasteiger partial charge on any atom is 0.0107 e. The fourth-order valence-corrected chi connectivity index (χ4v) is 1.95. The molecule has 0 saturated carbocycles. The molecule has 0 amide bonds. The second kappa shape index (κ2) is 4.07. The summed E-state index contributed by atoms with van der Waals surface area (Å²) in [7, 11) is 0. The number of rotatable bonds is 2. The maximum atomic E-state index is 5.51. The van der Waals surface area contributed by atoms with Crippen LogP contribution in [0.5, 0.6) is 0 Å². The standard InChI is InChI=1S/C9H20N2/c1-8-3-5-11(6-4-10)9(2)7-8/h8-9H,3-7,10H2,1-2H3/t8-,9+/m1/s1. The van der Waals surface area contributed by atoms with E-state index in [0.717, 1.165) is 25.0 Å². The van der Waals surface area contributed by atoms with Gasteiger partial charge in [-0.25, -0.2) is 0 Å². The SMILES string of the molecule is C[C@@H]1CCN(CCN)[C@@H](C)C1. The smallest absolute Gasteiger partial charge is 0.0107 e. The Bertz CT molecular complexity index is 114. The Morgan fingerprint density at radius 2 is 2.18 bits per heavy atom. The van der Waals surface area contributed by atoms with Gasteiger partial charge >= 0.3 is 0 Å². The van der Waals surface area contributed by atoms with E-state index in [0.29, 0.717) is 0 Å². The fourth-order valence-electron chi connectivity index (χ4n) is 1.95. The summed E-state index contributed by atoms with van der Waals surface area (Å²) in [5.74, 6) is 0.916. The van der Waals surface area contributed by atoms with Crippen LogP contribution in [-0.4, -0.2) is 30.6 Å². The van der Waals surface area contributed by atoms with E-state index in [1.165, 1.54) is 19.4 Å². The highest BCUT2D eigenvalue weighted by atomic mass is 15.2. The van der Waals surface area contributed by atoms with Crippen LogP contribution in [0, 0.1) is 5.92 Å². The molecule has 2 nitrogen and oxygen atoms in total. The third-order valence-corrected chi connectivity index (χ3v) is 2.69. The molecule has 1 heterocycles. The van der Waals surface area contributed by atoms with E-state index >= 15 is 0 Å². The summed E-state index contributed by atoms with van der Waals surface area (Å²) < 4.78 is 0. The van der Waals surface area contributed by atoms with E-state index in [-0.39, 0.29) is 0 Å². The lowest BCUT2D eigenvalue weighted by Gasteiger charge is -2.36. The van der Waals surface area contributed by atoms with Gasteiger partial charge in [0.15, 0.2) is 0 Å². The fraction of sp³-hybridized carbons (Fsp3) is 1.00. The van der Waals surface area contributed by atoms with Gasteiger partial charge in [-0.3, -0.25) is 4.90 Å². The third-order valence-electron chi connectivity index (χ3n) is 2.69. The van der Waals surface area contributed by atoms with Crippen LogP contribution in [-0.2, 0) is 0 Å². The average molecular weight is 156 g/mol. The van der Waals surface area contributed by atoms with Crippen LogP contribution in [0.2, 0.25) is 0 Å². The van der Waals surface area contributed by atoms with Crippen molar-refractivity contribution in [2.24, 2.45) is 11.7 Å². The van der Waals surface area contributed by atoms with Gasteiger partial charge in [-0.05, 0) is 32.2 Å². The van der Waals surface area contributed by atoms with Crippen molar-refractivity contribution in [2.45, 2.75) is 32.7 Å². The molecule has 1 aliphatic heterocycles. The van der Waals surface area contributed by atoms with Crippen molar-refractivity contribution in [1.29, 1.82) is 0 Å². The van der Waals surface area contributed by atoms with E-state index < -0.39 is 0 Å². The lowest BCUT2D eigenvalue weighted by molar-refractivity contribution is 0.133. The number of piperidine rings is 1. The minimum absolute atomic E-state index is 0.752. The number of hydrogen-bond donors (Lipinski definition) is 1. The van der Waals surface area contributed by atoms with Gasteiger partial charge in [-0.2, -0.15) is 0 Å². The Morgan fingerprint density at radius 1 is 1.45 bits per heavy atom. The van der Waals surface area contributed by atoms with Gasteiger partial charge in [0.1, 0.15) is 0 Å². The lowest BCUT2D eigenvalue weighted by Crippen LogP contribution is -2.42. The first-order valence-corrected chi connectivity index (χ1v) is 4.68. The molecule has 1 fully saturated rings. The van der Waals surface area contributed by atoms with Crippen LogP contribution in [0.1, 0.15) is 26.7 Å². The molecule has 0 unspecified atom stereocenters. The molecule has 1 rings (SSSR count).